The third-order valence-electron chi connectivity index (χ3n) is 3.90. The van der Waals surface area contributed by atoms with Gasteiger partial charge in [-0.2, -0.15) is 13.2 Å². The van der Waals surface area contributed by atoms with Crippen LogP contribution in [0.5, 0.6) is 0 Å². The molecule has 2 amide bonds. The fraction of sp³-hybridized carbons (Fsp3) is 0.769. The number of likely N-dealkylation sites (tertiary alicyclic amines) is 1. The summed E-state index contributed by atoms with van der Waals surface area (Å²) in [5, 5.41) is 9.06. The highest BCUT2D eigenvalue weighted by Gasteiger charge is 2.46. The standard InChI is InChI=1S/C13H17F3N2O4/c1-7(12(21)22)18(9-2-3-9)11(20)8-4-10(19)17(5-8)6-13(14,15)16/h7-9H,2-6H2,1H3,(H,21,22). The van der Waals surface area contributed by atoms with Crippen LogP contribution in [0.2, 0.25) is 0 Å². The predicted octanol–water partition coefficient (Wildman–Crippen LogP) is 0.861. The van der Waals surface area contributed by atoms with Crippen LogP contribution in [0.15, 0.2) is 0 Å². The predicted molar refractivity (Wildman–Crippen MR) is 67.7 cm³/mol. The molecule has 1 saturated carbocycles. The Labute approximate surface area is 124 Å². The van der Waals surface area contributed by atoms with Gasteiger partial charge in [0.2, 0.25) is 11.8 Å². The first-order valence-corrected chi connectivity index (χ1v) is 6.99. The summed E-state index contributed by atoms with van der Waals surface area (Å²) in [4.78, 5) is 37.0. The molecule has 0 bridgehead atoms. The van der Waals surface area contributed by atoms with Crippen LogP contribution >= 0.6 is 0 Å². The van der Waals surface area contributed by atoms with Gasteiger partial charge in [-0.1, -0.05) is 0 Å². The van der Waals surface area contributed by atoms with Crippen molar-refractivity contribution in [3.63, 3.8) is 0 Å². The highest BCUT2D eigenvalue weighted by atomic mass is 19.4. The molecule has 0 radical (unpaired) electrons. The Bertz CT molecular complexity index is 490. The van der Waals surface area contributed by atoms with Crippen molar-refractivity contribution in [1.29, 1.82) is 0 Å². The Kier molecular flexibility index (Phi) is 4.35. The van der Waals surface area contributed by atoms with E-state index in [1.54, 1.807) is 0 Å². The molecule has 6 nitrogen and oxygen atoms in total. The number of carboxylic acid groups (broad SMARTS) is 1. The van der Waals surface area contributed by atoms with Gasteiger partial charge in [0.1, 0.15) is 12.6 Å². The summed E-state index contributed by atoms with van der Waals surface area (Å²) in [7, 11) is 0. The molecule has 2 unspecified atom stereocenters. The summed E-state index contributed by atoms with van der Waals surface area (Å²) < 4.78 is 37.1. The number of alkyl halides is 3. The van der Waals surface area contributed by atoms with E-state index in [0.717, 1.165) is 0 Å². The molecule has 1 saturated heterocycles. The lowest BCUT2D eigenvalue weighted by Gasteiger charge is -2.29. The molecule has 2 aliphatic rings. The number of carboxylic acids is 1. The smallest absolute Gasteiger partial charge is 0.406 e. The van der Waals surface area contributed by atoms with Gasteiger partial charge in [0.05, 0.1) is 5.92 Å². The number of hydrogen-bond acceptors (Lipinski definition) is 3. The SMILES string of the molecule is CC(C(=O)O)N(C(=O)C1CC(=O)N(CC(F)(F)F)C1)C1CC1. The lowest BCUT2D eigenvalue weighted by atomic mass is 10.1. The van der Waals surface area contributed by atoms with Crippen LogP contribution in [0.4, 0.5) is 13.2 Å². The second-order valence-corrected chi connectivity index (χ2v) is 5.78. The van der Waals surface area contributed by atoms with Gasteiger partial charge < -0.3 is 14.9 Å². The topological polar surface area (TPSA) is 77.9 Å². The number of carbonyl (C=O) groups excluding carboxylic acids is 2. The molecule has 1 heterocycles. The first kappa shape index (κ1) is 16.6. The van der Waals surface area contributed by atoms with Crippen LogP contribution in [-0.2, 0) is 14.4 Å². The van der Waals surface area contributed by atoms with E-state index in [1.807, 2.05) is 0 Å². The van der Waals surface area contributed by atoms with Crippen LogP contribution in [0.3, 0.4) is 0 Å². The molecule has 2 rings (SSSR count). The normalized spacial score (nSPS) is 23.5. The fourth-order valence-electron chi connectivity index (χ4n) is 2.68. The van der Waals surface area contributed by atoms with Crippen molar-refractivity contribution < 1.29 is 32.7 Å². The zero-order chi connectivity index (χ0) is 16.7. The minimum absolute atomic E-state index is 0.189. The van der Waals surface area contributed by atoms with Crippen LogP contribution in [0.25, 0.3) is 0 Å². The van der Waals surface area contributed by atoms with Gasteiger partial charge in [0.15, 0.2) is 0 Å². The van der Waals surface area contributed by atoms with E-state index in [2.05, 4.69) is 0 Å². The van der Waals surface area contributed by atoms with Gasteiger partial charge in [-0.3, -0.25) is 9.59 Å². The average Bonchev–Trinajstić information content (AvgIpc) is 3.13. The van der Waals surface area contributed by atoms with E-state index in [0.29, 0.717) is 17.7 Å². The molecule has 2 atom stereocenters. The molecule has 0 spiro atoms. The van der Waals surface area contributed by atoms with E-state index in [-0.39, 0.29) is 19.0 Å². The first-order chi connectivity index (χ1) is 10.1. The maximum atomic E-state index is 12.4. The molecule has 0 aromatic carbocycles. The van der Waals surface area contributed by atoms with Crippen molar-refractivity contribution in [2.45, 2.75) is 44.4 Å². The maximum absolute atomic E-state index is 12.4. The summed E-state index contributed by atoms with van der Waals surface area (Å²) in [6.45, 7) is -0.330. The molecule has 2 fully saturated rings. The molecule has 9 heteroatoms. The number of hydrogen-bond donors (Lipinski definition) is 1. The largest absolute Gasteiger partial charge is 0.480 e. The Hall–Kier alpha value is -1.80. The Morgan fingerprint density at radius 3 is 2.45 bits per heavy atom. The number of amides is 2. The summed E-state index contributed by atoms with van der Waals surface area (Å²) >= 11 is 0. The third kappa shape index (κ3) is 3.69. The maximum Gasteiger partial charge on any atom is 0.406 e. The zero-order valence-corrected chi connectivity index (χ0v) is 12.0. The van der Waals surface area contributed by atoms with Crippen LogP contribution in [-0.4, -0.2) is 64.0 Å². The van der Waals surface area contributed by atoms with Gasteiger partial charge in [-0.05, 0) is 19.8 Å². The highest BCUT2D eigenvalue weighted by molar-refractivity contribution is 5.91. The average molecular weight is 322 g/mol. The van der Waals surface area contributed by atoms with Crippen molar-refractivity contribution in [1.82, 2.24) is 9.80 Å². The van der Waals surface area contributed by atoms with Crippen molar-refractivity contribution in [2.24, 2.45) is 5.92 Å². The highest BCUT2D eigenvalue weighted by Crippen LogP contribution is 2.32. The minimum atomic E-state index is -4.52. The third-order valence-corrected chi connectivity index (χ3v) is 3.90. The van der Waals surface area contributed by atoms with Crippen LogP contribution in [0.1, 0.15) is 26.2 Å². The molecule has 124 valence electrons. The Morgan fingerprint density at radius 1 is 1.41 bits per heavy atom. The van der Waals surface area contributed by atoms with Gasteiger partial charge in [-0.25, -0.2) is 4.79 Å². The molecule has 1 aliphatic heterocycles. The second kappa shape index (κ2) is 5.77. The number of carbonyl (C=O) groups is 3. The van der Waals surface area contributed by atoms with E-state index in [4.69, 9.17) is 5.11 Å². The summed E-state index contributed by atoms with van der Waals surface area (Å²) in [6, 6.07) is -1.24. The molecule has 0 aromatic heterocycles. The Balaban J connectivity index is 2.06. The second-order valence-electron chi connectivity index (χ2n) is 5.78. The first-order valence-electron chi connectivity index (χ1n) is 6.99. The number of rotatable bonds is 5. The molecule has 1 N–H and O–H groups in total. The monoisotopic (exact) mass is 322 g/mol. The summed E-state index contributed by atoms with van der Waals surface area (Å²) in [5.74, 6) is -3.35. The van der Waals surface area contributed by atoms with Crippen molar-refractivity contribution in [3.05, 3.63) is 0 Å². The fourth-order valence-corrected chi connectivity index (χ4v) is 2.68. The van der Waals surface area contributed by atoms with Crippen LogP contribution < -0.4 is 0 Å². The van der Waals surface area contributed by atoms with Crippen molar-refractivity contribution in [2.75, 3.05) is 13.1 Å². The van der Waals surface area contributed by atoms with E-state index in [1.165, 1.54) is 11.8 Å². The van der Waals surface area contributed by atoms with Gasteiger partial charge in [0.25, 0.3) is 0 Å². The molecule has 1 aliphatic carbocycles. The quantitative estimate of drug-likeness (QED) is 0.814. The van der Waals surface area contributed by atoms with E-state index >= 15 is 0 Å². The van der Waals surface area contributed by atoms with Gasteiger partial charge >= 0.3 is 12.1 Å². The number of nitrogens with zero attached hydrogens (tertiary/aromatic N) is 2. The number of aliphatic carboxylic acids is 1. The number of halogens is 3. The van der Waals surface area contributed by atoms with Gasteiger partial charge in [0, 0.05) is 19.0 Å². The summed E-state index contributed by atoms with van der Waals surface area (Å²) in [6.07, 6.45) is -3.46. The van der Waals surface area contributed by atoms with E-state index < -0.39 is 42.5 Å². The molecular weight excluding hydrogens is 305 g/mol. The van der Waals surface area contributed by atoms with Crippen molar-refractivity contribution in [3.8, 4) is 0 Å². The van der Waals surface area contributed by atoms with Crippen LogP contribution in [0, 0.1) is 5.92 Å². The van der Waals surface area contributed by atoms with Gasteiger partial charge in [-0.15, -0.1) is 0 Å². The minimum Gasteiger partial charge on any atom is -0.480 e. The summed E-state index contributed by atoms with van der Waals surface area (Å²) in [5.41, 5.74) is 0. The molecule has 22 heavy (non-hydrogen) atoms. The van der Waals surface area contributed by atoms with E-state index in [9.17, 15) is 27.6 Å². The zero-order valence-electron chi connectivity index (χ0n) is 12.0. The lowest BCUT2D eigenvalue weighted by molar-refractivity contribution is -0.157. The Morgan fingerprint density at radius 2 is 2.00 bits per heavy atom. The lowest BCUT2D eigenvalue weighted by Crippen LogP contribution is -2.48. The molecular formula is C13H17F3N2O4. The molecule has 0 aromatic rings. The van der Waals surface area contributed by atoms with Crippen molar-refractivity contribution >= 4 is 17.8 Å².